The molecule has 14 rings (SSSR count). The fraction of sp³-hybridized carbons (Fsp3) is 0.0645. The molecule has 0 radical (unpaired) electrons. The Kier molecular flexibility index (Phi) is 8.17. The molecule has 4 heterocycles. The van der Waals surface area contributed by atoms with E-state index in [0.29, 0.717) is 5.92 Å². The van der Waals surface area contributed by atoms with E-state index in [0.717, 1.165) is 17.1 Å². The Morgan fingerprint density at radius 2 is 1.05 bits per heavy atom. The highest BCUT2D eigenvalue weighted by Crippen LogP contribution is 2.61. The van der Waals surface area contributed by atoms with Gasteiger partial charge in [0.15, 0.2) is 0 Å². The van der Waals surface area contributed by atoms with Crippen LogP contribution in [0, 0.1) is 5.92 Å². The number of benzene rings is 9. The number of hydrogen-bond acceptors (Lipinski definition) is 2. The van der Waals surface area contributed by atoms with Crippen LogP contribution in [0.2, 0.25) is 0 Å². The molecule has 3 atom stereocenters. The molecule has 66 heavy (non-hydrogen) atoms. The monoisotopic (exact) mass is 861 g/mol. The first-order chi connectivity index (χ1) is 32.7. The molecule has 0 bridgehead atoms. The van der Waals surface area contributed by atoms with Crippen LogP contribution in [0.4, 0.5) is 17.1 Å². The molecule has 3 nitrogen and oxygen atoms in total. The summed E-state index contributed by atoms with van der Waals surface area (Å²) in [5.41, 5.74) is 16.8. The van der Waals surface area contributed by atoms with Crippen molar-refractivity contribution in [1.29, 1.82) is 0 Å². The van der Waals surface area contributed by atoms with Gasteiger partial charge in [-0.2, -0.15) is 0 Å². The van der Waals surface area contributed by atoms with Gasteiger partial charge in [0.1, 0.15) is 0 Å². The summed E-state index contributed by atoms with van der Waals surface area (Å²) >= 11 is 1.90. The van der Waals surface area contributed by atoms with E-state index in [2.05, 4.69) is 252 Å². The third-order valence-corrected chi connectivity index (χ3v) is 15.8. The molecule has 1 spiro atoms. The predicted molar refractivity (Wildman–Crippen MR) is 276 cm³/mol. The lowest BCUT2D eigenvalue weighted by Gasteiger charge is -2.45. The summed E-state index contributed by atoms with van der Waals surface area (Å²) in [4.78, 5) is 5.01. The van der Waals surface area contributed by atoms with Crippen LogP contribution in [0.5, 0.6) is 0 Å². The minimum atomic E-state index is -0.543. The molecule has 11 aromatic rings. The topological polar surface area (TPSA) is 13.1 Å². The summed E-state index contributed by atoms with van der Waals surface area (Å²) < 4.78 is 5.07. The van der Waals surface area contributed by atoms with Crippen molar-refractivity contribution < 1.29 is 0 Å². The molecule has 0 fully saturated rings. The second kappa shape index (κ2) is 14.4. The maximum absolute atomic E-state index is 2.55. The number of aromatic nitrogens is 2. The molecular weight excluding hydrogens is 819 g/mol. The molecular formula is C62H43N3S. The largest absolute Gasteiger partial charge is 0.333 e. The Morgan fingerprint density at radius 3 is 1.89 bits per heavy atom. The first-order valence-electron chi connectivity index (χ1n) is 23.0. The van der Waals surface area contributed by atoms with E-state index in [4.69, 9.17) is 0 Å². The van der Waals surface area contributed by atoms with Crippen molar-refractivity contribution in [2.75, 3.05) is 4.90 Å². The van der Waals surface area contributed by atoms with Crippen LogP contribution < -0.4 is 4.90 Å². The van der Waals surface area contributed by atoms with Crippen molar-refractivity contribution in [2.24, 2.45) is 5.92 Å². The molecule has 0 N–H and O–H groups in total. The maximum Gasteiger partial charge on any atom is 0.0764 e. The molecule has 9 aromatic carbocycles. The number of anilines is 3. The van der Waals surface area contributed by atoms with Gasteiger partial charge in [-0.1, -0.05) is 183 Å². The van der Waals surface area contributed by atoms with E-state index in [9.17, 15) is 0 Å². The summed E-state index contributed by atoms with van der Waals surface area (Å²) in [7, 11) is 0. The van der Waals surface area contributed by atoms with Crippen LogP contribution in [0.25, 0.3) is 60.4 Å². The second-order valence-electron chi connectivity index (χ2n) is 18.1. The summed E-state index contributed by atoms with van der Waals surface area (Å²) in [6.07, 6.45) is 9.05. The Hall–Kier alpha value is -7.79. The van der Waals surface area contributed by atoms with Gasteiger partial charge >= 0.3 is 0 Å². The average molecular weight is 862 g/mol. The molecule has 312 valence electrons. The minimum absolute atomic E-state index is 0.231. The van der Waals surface area contributed by atoms with Crippen LogP contribution in [-0.4, -0.2) is 9.13 Å². The zero-order chi connectivity index (χ0) is 43.5. The van der Waals surface area contributed by atoms with E-state index >= 15 is 0 Å². The number of nitrogens with zero attached hydrogens (tertiary/aromatic N) is 3. The van der Waals surface area contributed by atoms with Crippen LogP contribution in [0.15, 0.2) is 240 Å². The lowest BCUT2D eigenvalue weighted by Crippen LogP contribution is -2.37. The standard InChI is InChI=1S/C62H43N3S/c1-40-16-5-10-25-54(40)64-55-26-11-7-20-47(55)49-38-44(35-37-57(49)64)63(43-32-30-42(31-33-43)41-17-3-2-4-18-41)45-34-36-52-60(39-45)66-59-29-14-9-23-51(59)62(52)50-22-8-13-28-58(50)65-56-27-12-6-19-46(56)48-21-15-24-53(62)61(48)65/h2-40,54H,1H3. The number of rotatable bonds is 5. The highest BCUT2D eigenvalue weighted by atomic mass is 32.2. The lowest BCUT2D eigenvalue weighted by atomic mass is 9.63. The smallest absolute Gasteiger partial charge is 0.0764 e. The van der Waals surface area contributed by atoms with E-state index < -0.39 is 5.41 Å². The van der Waals surface area contributed by atoms with Crippen molar-refractivity contribution in [3.05, 3.63) is 253 Å². The maximum atomic E-state index is 2.55. The van der Waals surface area contributed by atoms with Gasteiger partial charge in [-0.05, 0) is 106 Å². The lowest BCUT2D eigenvalue weighted by molar-refractivity contribution is 0.510. The molecule has 2 aliphatic heterocycles. The summed E-state index contributed by atoms with van der Waals surface area (Å²) in [5.74, 6) is 0.376. The van der Waals surface area contributed by atoms with E-state index in [1.54, 1.807) is 0 Å². The molecule has 0 amide bonds. The zero-order valence-corrected chi connectivity index (χ0v) is 37.2. The van der Waals surface area contributed by atoms with Crippen molar-refractivity contribution in [3.63, 3.8) is 0 Å². The van der Waals surface area contributed by atoms with Gasteiger partial charge < -0.3 is 14.0 Å². The predicted octanol–water partition coefficient (Wildman–Crippen LogP) is 16.5. The molecule has 2 aromatic heterocycles. The number of allylic oxidation sites excluding steroid dienone is 4. The van der Waals surface area contributed by atoms with Gasteiger partial charge in [0.05, 0.1) is 28.2 Å². The quantitative estimate of drug-likeness (QED) is 0.171. The minimum Gasteiger partial charge on any atom is -0.333 e. The third-order valence-electron chi connectivity index (χ3n) is 14.6. The fourth-order valence-corrected chi connectivity index (χ4v) is 13.0. The van der Waals surface area contributed by atoms with Gasteiger partial charge in [0.2, 0.25) is 0 Å². The van der Waals surface area contributed by atoms with Gasteiger partial charge in [-0.25, -0.2) is 0 Å². The second-order valence-corrected chi connectivity index (χ2v) is 19.1. The molecule has 3 unspecified atom stereocenters. The molecule has 0 saturated heterocycles. The van der Waals surface area contributed by atoms with Crippen LogP contribution in [-0.2, 0) is 5.41 Å². The van der Waals surface area contributed by atoms with E-state index in [1.807, 2.05) is 11.8 Å². The SMILES string of the molecule is CC1C=CC=CC1n1c2ccccc2c2cc(N(c3ccc(-c4ccccc4)cc3)c3ccc4c(c3)Sc3ccccc3C43c4ccccc4-n4c5ccccc5c5cccc3c54)ccc21. The highest BCUT2D eigenvalue weighted by molar-refractivity contribution is 7.99. The van der Waals surface area contributed by atoms with Crippen LogP contribution >= 0.6 is 11.8 Å². The highest BCUT2D eigenvalue weighted by Gasteiger charge is 2.49. The van der Waals surface area contributed by atoms with Crippen molar-refractivity contribution in [2.45, 2.75) is 28.2 Å². The number of para-hydroxylation sites is 4. The molecule has 4 heteroatoms. The molecule has 3 aliphatic rings. The van der Waals surface area contributed by atoms with Gasteiger partial charge in [0.25, 0.3) is 0 Å². The van der Waals surface area contributed by atoms with Crippen molar-refractivity contribution in [3.8, 4) is 16.8 Å². The van der Waals surface area contributed by atoms with Gasteiger partial charge in [-0.3, -0.25) is 0 Å². The first-order valence-corrected chi connectivity index (χ1v) is 23.9. The first kappa shape index (κ1) is 37.6. The van der Waals surface area contributed by atoms with E-state index in [-0.39, 0.29) is 6.04 Å². The Bertz CT molecular complexity index is 3830. The number of hydrogen-bond donors (Lipinski definition) is 0. The Labute approximate surface area is 388 Å². The van der Waals surface area contributed by atoms with Crippen molar-refractivity contribution in [1.82, 2.24) is 9.13 Å². The van der Waals surface area contributed by atoms with Gasteiger partial charge in [-0.15, -0.1) is 0 Å². The summed E-state index contributed by atoms with van der Waals surface area (Å²) in [6, 6.07) is 77.5. The zero-order valence-electron chi connectivity index (χ0n) is 36.3. The normalized spacial score (nSPS) is 18.0. The van der Waals surface area contributed by atoms with Crippen molar-refractivity contribution >= 4 is 72.4 Å². The number of fused-ring (bicyclic) bond motifs is 14. The Morgan fingerprint density at radius 1 is 0.439 bits per heavy atom. The van der Waals surface area contributed by atoms with Gasteiger partial charge in [0, 0.05) is 59.4 Å². The van der Waals surface area contributed by atoms with E-state index in [1.165, 1.54) is 92.5 Å². The fourth-order valence-electron chi connectivity index (χ4n) is 11.8. The molecule has 0 saturated carbocycles. The summed E-state index contributed by atoms with van der Waals surface area (Å²) in [5, 5.41) is 5.10. The Balaban J connectivity index is 1.01. The third kappa shape index (κ3) is 5.22. The van der Waals surface area contributed by atoms with Crippen LogP contribution in [0.1, 0.15) is 35.2 Å². The molecule has 1 aliphatic carbocycles. The van der Waals surface area contributed by atoms with Crippen LogP contribution in [0.3, 0.4) is 0 Å². The average Bonchev–Trinajstić information content (AvgIpc) is 3.89. The summed E-state index contributed by atoms with van der Waals surface area (Å²) in [6.45, 7) is 2.32.